The van der Waals surface area contributed by atoms with E-state index in [4.69, 9.17) is 9.16 Å². The van der Waals surface area contributed by atoms with Gasteiger partial charge in [-0.1, -0.05) is 51.1 Å². The fourth-order valence-corrected chi connectivity index (χ4v) is 2.89. The van der Waals surface area contributed by atoms with Gasteiger partial charge in [0.05, 0.1) is 0 Å². The molecule has 0 aromatic heterocycles. The predicted molar refractivity (Wildman–Crippen MR) is 101 cm³/mol. The summed E-state index contributed by atoms with van der Waals surface area (Å²) < 4.78 is 12.4. The third kappa shape index (κ3) is 5.39. The first-order valence-electron chi connectivity index (χ1n) is 8.21. The van der Waals surface area contributed by atoms with Crippen molar-refractivity contribution < 1.29 is 9.16 Å². The van der Waals surface area contributed by atoms with Gasteiger partial charge in [0.2, 0.25) is 0 Å². The summed E-state index contributed by atoms with van der Waals surface area (Å²) in [6, 6.07) is 10.5. The normalized spacial score (nSPS) is 15.2. The number of ether oxygens (including phenoxy) is 1. The maximum atomic E-state index is 6.19. The van der Waals surface area contributed by atoms with E-state index < -0.39 is 8.32 Å². The van der Waals surface area contributed by atoms with Crippen molar-refractivity contribution in [2.45, 2.75) is 58.0 Å². The molecule has 0 saturated carbocycles. The van der Waals surface area contributed by atoms with Crippen LogP contribution in [-0.2, 0) is 9.16 Å². The summed E-state index contributed by atoms with van der Waals surface area (Å²) >= 11 is 0. The van der Waals surface area contributed by atoms with Crippen molar-refractivity contribution in [2.24, 2.45) is 0 Å². The Bertz CT molecular complexity index is 506. The molecule has 3 nitrogen and oxygen atoms in total. The Labute approximate surface area is 143 Å². The van der Waals surface area contributed by atoms with Crippen LogP contribution in [0.25, 0.3) is 0 Å². The average molecular weight is 336 g/mol. The summed E-state index contributed by atoms with van der Waals surface area (Å²) in [7, 11) is 2.18. The summed E-state index contributed by atoms with van der Waals surface area (Å²) in [5.41, 5.74) is 1.13. The molecule has 0 amide bonds. The van der Waals surface area contributed by atoms with Gasteiger partial charge in [-0.2, -0.15) is 0 Å². The summed E-state index contributed by atoms with van der Waals surface area (Å²) in [4.78, 5) is 2.15. The van der Waals surface area contributed by atoms with Crippen LogP contribution in [0.15, 0.2) is 42.9 Å². The second-order valence-electron chi connectivity index (χ2n) is 7.89. The van der Waals surface area contributed by atoms with Crippen LogP contribution in [0.3, 0.4) is 0 Å². The zero-order chi connectivity index (χ0) is 17.8. The van der Waals surface area contributed by atoms with Gasteiger partial charge in [0, 0.05) is 6.04 Å². The minimum atomic E-state index is -1.94. The van der Waals surface area contributed by atoms with Crippen LogP contribution in [0, 0.1) is 0 Å². The molecule has 0 radical (unpaired) electrons. The average Bonchev–Trinajstić information content (AvgIpc) is 2.43. The first-order chi connectivity index (χ1) is 10.5. The van der Waals surface area contributed by atoms with Crippen LogP contribution in [0.2, 0.25) is 18.1 Å². The van der Waals surface area contributed by atoms with E-state index in [0.717, 1.165) is 5.56 Å². The number of hydrogen-bond acceptors (Lipinski definition) is 3. The van der Waals surface area contributed by atoms with Crippen molar-refractivity contribution >= 4 is 8.32 Å². The van der Waals surface area contributed by atoms with E-state index in [1.807, 2.05) is 18.2 Å². The molecule has 0 aliphatic carbocycles. The summed E-state index contributed by atoms with van der Waals surface area (Å²) in [5, 5.41) is 0.120. The molecule has 0 fully saturated rings. The number of rotatable bonds is 7. The fourth-order valence-electron chi connectivity index (χ4n) is 1.96. The van der Waals surface area contributed by atoms with Crippen LogP contribution >= 0.6 is 0 Å². The molecular formula is C19H33NO2Si. The molecule has 0 saturated heterocycles. The summed E-state index contributed by atoms with van der Waals surface area (Å²) in [6.07, 6.45) is -0.108. The molecule has 0 aliphatic rings. The number of hydrogen-bond donors (Lipinski definition) is 0. The van der Waals surface area contributed by atoms with Gasteiger partial charge in [-0.25, -0.2) is 0 Å². The summed E-state index contributed by atoms with van der Waals surface area (Å²) in [6.45, 7) is 17.2. The second kappa shape index (κ2) is 7.54. The maximum absolute atomic E-state index is 6.19. The highest BCUT2D eigenvalue weighted by Crippen LogP contribution is 2.38. The highest BCUT2D eigenvalue weighted by Gasteiger charge is 2.40. The van der Waals surface area contributed by atoms with Gasteiger partial charge in [0.1, 0.15) is 6.10 Å². The van der Waals surface area contributed by atoms with E-state index in [1.165, 1.54) is 0 Å². The quantitative estimate of drug-likeness (QED) is 0.506. The molecule has 0 aliphatic heterocycles. The Hall–Kier alpha value is -1.26. The Morgan fingerprint density at radius 2 is 1.65 bits per heavy atom. The molecule has 0 bridgehead atoms. The van der Waals surface area contributed by atoms with Crippen LogP contribution in [0.5, 0.6) is 0 Å². The van der Waals surface area contributed by atoms with Crippen molar-refractivity contribution in [3.63, 3.8) is 0 Å². The van der Waals surface area contributed by atoms with E-state index in [1.54, 1.807) is 0 Å². The van der Waals surface area contributed by atoms with Gasteiger partial charge in [0.15, 0.2) is 0 Å². The fraction of sp³-hybridized carbons (Fsp3) is 0.579. The van der Waals surface area contributed by atoms with Crippen LogP contribution < -0.4 is 0 Å². The highest BCUT2D eigenvalue weighted by atomic mass is 28.4. The van der Waals surface area contributed by atoms with Gasteiger partial charge in [-0.15, -0.1) is 0 Å². The van der Waals surface area contributed by atoms with Crippen molar-refractivity contribution in [1.29, 1.82) is 0 Å². The standard InChI is InChI=1S/C19H33NO2Si/c1-15(20(6)7)18(17-13-11-10-12-14-17)21-16(2)22-23(8,9)19(3,4)5/h10-15,18H,2H2,1,3-9H3/t15-,18-/m0/s1. The monoisotopic (exact) mass is 335 g/mol. The number of nitrogens with zero attached hydrogens (tertiary/aromatic N) is 1. The predicted octanol–water partition coefficient (Wildman–Crippen LogP) is 5.19. The van der Waals surface area contributed by atoms with Crippen molar-refractivity contribution in [1.82, 2.24) is 4.90 Å². The van der Waals surface area contributed by atoms with Crippen molar-refractivity contribution in [3.8, 4) is 0 Å². The van der Waals surface area contributed by atoms with Crippen LogP contribution in [0.1, 0.15) is 39.4 Å². The first-order valence-corrected chi connectivity index (χ1v) is 11.1. The molecule has 4 heteroatoms. The Morgan fingerprint density at radius 1 is 1.13 bits per heavy atom. The molecule has 0 heterocycles. The van der Waals surface area contributed by atoms with Gasteiger partial charge < -0.3 is 14.1 Å². The summed E-state index contributed by atoms with van der Waals surface area (Å²) in [5.74, 6) is 0.430. The second-order valence-corrected chi connectivity index (χ2v) is 12.6. The lowest BCUT2D eigenvalue weighted by molar-refractivity contribution is -0.00328. The Balaban J connectivity index is 2.92. The molecule has 0 spiro atoms. The minimum Gasteiger partial charge on any atom is -0.519 e. The van der Waals surface area contributed by atoms with E-state index in [2.05, 4.69) is 78.5 Å². The van der Waals surface area contributed by atoms with Gasteiger partial charge in [-0.05, 0) is 51.3 Å². The van der Waals surface area contributed by atoms with Crippen molar-refractivity contribution in [2.75, 3.05) is 14.1 Å². The van der Waals surface area contributed by atoms with E-state index in [-0.39, 0.29) is 17.2 Å². The molecule has 0 N–H and O–H groups in total. The Kier molecular flexibility index (Phi) is 6.48. The molecule has 0 unspecified atom stereocenters. The molecule has 130 valence electrons. The largest absolute Gasteiger partial charge is 0.519 e. The lowest BCUT2D eigenvalue weighted by atomic mass is 10.0. The molecule has 1 rings (SSSR count). The maximum Gasteiger partial charge on any atom is 0.258 e. The molecule has 2 atom stereocenters. The van der Waals surface area contributed by atoms with Crippen LogP contribution in [-0.4, -0.2) is 33.4 Å². The lowest BCUT2D eigenvalue weighted by Gasteiger charge is -2.38. The van der Waals surface area contributed by atoms with Gasteiger partial charge >= 0.3 is 0 Å². The zero-order valence-corrected chi connectivity index (χ0v) is 17.0. The first kappa shape index (κ1) is 19.8. The third-order valence-electron chi connectivity index (χ3n) is 4.81. The van der Waals surface area contributed by atoms with Gasteiger partial charge in [-0.3, -0.25) is 0 Å². The molecule has 1 aromatic rings. The van der Waals surface area contributed by atoms with E-state index >= 15 is 0 Å². The Morgan fingerprint density at radius 3 is 2.09 bits per heavy atom. The SMILES string of the molecule is C=C(O[C@H](c1ccccc1)[C@H](C)N(C)C)O[Si](C)(C)C(C)(C)C. The van der Waals surface area contributed by atoms with Crippen LogP contribution in [0.4, 0.5) is 0 Å². The lowest BCUT2D eigenvalue weighted by Crippen LogP contribution is -2.41. The topological polar surface area (TPSA) is 21.7 Å². The van der Waals surface area contributed by atoms with Gasteiger partial charge in [0.25, 0.3) is 14.3 Å². The molecule has 23 heavy (non-hydrogen) atoms. The third-order valence-corrected chi connectivity index (χ3v) is 9.16. The number of benzene rings is 1. The van der Waals surface area contributed by atoms with E-state index in [0.29, 0.717) is 5.95 Å². The number of likely N-dealkylation sites (N-methyl/N-ethyl adjacent to an activating group) is 1. The molecule has 1 aromatic carbocycles. The molecular weight excluding hydrogens is 302 g/mol. The van der Waals surface area contributed by atoms with E-state index in [9.17, 15) is 0 Å². The minimum absolute atomic E-state index is 0.108. The van der Waals surface area contributed by atoms with Crippen molar-refractivity contribution in [3.05, 3.63) is 48.4 Å². The zero-order valence-electron chi connectivity index (χ0n) is 16.0. The highest BCUT2D eigenvalue weighted by molar-refractivity contribution is 6.74. The smallest absolute Gasteiger partial charge is 0.258 e.